The normalized spacial score (nSPS) is 12.5. The maximum Gasteiger partial charge on any atom is 0.266 e. The molecule has 0 fully saturated rings. The summed E-state index contributed by atoms with van der Waals surface area (Å²) in [4.78, 5) is 16.8. The summed E-state index contributed by atoms with van der Waals surface area (Å²) in [6, 6.07) is 7.94. The molecular weight excluding hydrogens is 290 g/mol. The highest BCUT2D eigenvalue weighted by Crippen LogP contribution is 2.24. The summed E-state index contributed by atoms with van der Waals surface area (Å²) in [5, 5.41) is 9.90. The van der Waals surface area contributed by atoms with Crippen LogP contribution in [0.4, 0.5) is 8.78 Å². The summed E-state index contributed by atoms with van der Waals surface area (Å²) < 4.78 is 27.9. The molecule has 0 saturated carbocycles. The molecule has 0 radical (unpaired) electrons. The quantitative estimate of drug-likeness (QED) is 0.792. The minimum atomic E-state index is -1.03. The fourth-order valence-electron chi connectivity index (χ4n) is 2.35. The predicted octanol–water partition coefficient (Wildman–Crippen LogP) is 2.69. The van der Waals surface area contributed by atoms with E-state index < -0.39 is 23.3 Å². The van der Waals surface area contributed by atoms with Gasteiger partial charge in [0.25, 0.3) is 5.56 Å². The predicted molar refractivity (Wildman–Crippen MR) is 77.4 cm³/mol. The van der Waals surface area contributed by atoms with E-state index in [-0.39, 0.29) is 22.5 Å². The number of fused-ring (bicyclic) bond motifs is 1. The van der Waals surface area contributed by atoms with Crippen LogP contribution in [0.5, 0.6) is 0 Å². The number of aliphatic hydroxyl groups excluding tert-OH is 1. The smallest absolute Gasteiger partial charge is 0.266 e. The number of aliphatic hydroxyl groups is 1. The van der Waals surface area contributed by atoms with Crippen molar-refractivity contribution in [2.75, 3.05) is 0 Å². The molecular formula is C16H12F2N2O2. The van der Waals surface area contributed by atoms with Gasteiger partial charge in [-0.25, -0.2) is 13.8 Å². The summed E-state index contributed by atoms with van der Waals surface area (Å²) in [5.74, 6) is -1.11. The van der Waals surface area contributed by atoms with E-state index in [4.69, 9.17) is 0 Å². The Bertz CT molecular complexity index is 920. The number of rotatable bonds is 2. The summed E-state index contributed by atoms with van der Waals surface area (Å²) in [6.07, 6.45) is -0.0137. The van der Waals surface area contributed by atoms with Gasteiger partial charge in [-0.2, -0.15) is 0 Å². The van der Waals surface area contributed by atoms with E-state index in [1.165, 1.54) is 37.3 Å². The van der Waals surface area contributed by atoms with E-state index in [1.54, 1.807) is 6.07 Å². The first kappa shape index (κ1) is 14.3. The van der Waals surface area contributed by atoms with Gasteiger partial charge in [-0.15, -0.1) is 0 Å². The van der Waals surface area contributed by atoms with E-state index in [0.717, 1.165) is 10.6 Å². The van der Waals surface area contributed by atoms with E-state index in [0.29, 0.717) is 0 Å². The minimum Gasteiger partial charge on any atom is -0.387 e. The summed E-state index contributed by atoms with van der Waals surface area (Å²) in [6.45, 7) is 1.46. The second-order valence-corrected chi connectivity index (χ2v) is 4.94. The minimum absolute atomic E-state index is 0.0533. The van der Waals surface area contributed by atoms with Gasteiger partial charge in [0.1, 0.15) is 17.3 Å². The Morgan fingerprint density at radius 3 is 2.64 bits per heavy atom. The number of halogens is 2. The lowest BCUT2D eigenvalue weighted by atomic mass is 10.0. The van der Waals surface area contributed by atoms with Crippen LogP contribution in [0.1, 0.15) is 18.7 Å². The Hall–Kier alpha value is -2.60. The molecule has 6 heteroatoms. The number of benzene rings is 1. The molecule has 3 rings (SSSR count). The van der Waals surface area contributed by atoms with Gasteiger partial charge in [-0.05, 0) is 36.8 Å². The molecule has 4 nitrogen and oxygen atoms in total. The molecule has 1 aromatic carbocycles. The molecule has 0 aliphatic heterocycles. The molecule has 3 aromatic rings. The topological polar surface area (TPSA) is 54.6 Å². The van der Waals surface area contributed by atoms with Gasteiger partial charge in [0.15, 0.2) is 0 Å². The number of hydrogen-bond donors (Lipinski definition) is 1. The first-order valence-corrected chi connectivity index (χ1v) is 6.63. The van der Waals surface area contributed by atoms with Crippen molar-refractivity contribution < 1.29 is 13.9 Å². The molecule has 0 amide bonds. The largest absolute Gasteiger partial charge is 0.387 e. The lowest BCUT2D eigenvalue weighted by Crippen LogP contribution is -2.21. The Labute approximate surface area is 124 Å². The molecule has 2 aromatic heterocycles. The molecule has 0 bridgehead atoms. The third-order valence-corrected chi connectivity index (χ3v) is 3.32. The van der Waals surface area contributed by atoms with Gasteiger partial charge in [0.05, 0.1) is 17.4 Å². The molecule has 0 saturated heterocycles. The van der Waals surface area contributed by atoms with Crippen molar-refractivity contribution in [3.05, 3.63) is 70.3 Å². The van der Waals surface area contributed by atoms with Crippen molar-refractivity contribution >= 4 is 5.65 Å². The molecule has 0 spiro atoms. The first-order chi connectivity index (χ1) is 10.5. The van der Waals surface area contributed by atoms with Gasteiger partial charge in [0.2, 0.25) is 0 Å². The van der Waals surface area contributed by atoms with Crippen LogP contribution in [0.2, 0.25) is 0 Å². The van der Waals surface area contributed by atoms with Crippen molar-refractivity contribution in [3.63, 3.8) is 0 Å². The first-order valence-electron chi connectivity index (χ1n) is 6.63. The summed E-state index contributed by atoms with van der Waals surface area (Å²) >= 11 is 0. The molecule has 22 heavy (non-hydrogen) atoms. The molecule has 0 aliphatic rings. The van der Waals surface area contributed by atoms with Crippen LogP contribution in [-0.4, -0.2) is 14.5 Å². The average Bonchev–Trinajstić information content (AvgIpc) is 2.47. The van der Waals surface area contributed by atoms with Crippen LogP contribution in [-0.2, 0) is 0 Å². The highest BCUT2D eigenvalue weighted by atomic mass is 19.1. The van der Waals surface area contributed by atoms with Gasteiger partial charge >= 0.3 is 0 Å². The fourth-order valence-corrected chi connectivity index (χ4v) is 2.35. The number of nitrogens with zero attached hydrogens (tertiary/aromatic N) is 2. The Morgan fingerprint density at radius 1 is 1.18 bits per heavy atom. The zero-order valence-corrected chi connectivity index (χ0v) is 11.6. The summed E-state index contributed by atoms with van der Waals surface area (Å²) in [7, 11) is 0. The third-order valence-electron chi connectivity index (χ3n) is 3.32. The Morgan fingerprint density at radius 2 is 1.95 bits per heavy atom. The van der Waals surface area contributed by atoms with Crippen molar-refractivity contribution in [1.82, 2.24) is 9.38 Å². The average molecular weight is 302 g/mol. The second-order valence-electron chi connectivity index (χ2n) is 4.94. The van der Waals surface area contributed by atoms with Crippen molar-refractivity contribution in [2.45, 2.75) is 13.0 Å². The van der Waals surface area contributed by atoms with Crippen molar-refractivity contribution in [3.8, 4) is 11.1 Å². The Kier molecular flexibility index (Phi) is 3.46. The van der Waals surface area contributed by atoms with Crippen molar-refractivity contribution in [2.24, 2.45) is 0 Å². The lowest BCUT2D eigenvalue weighted by Gasteiger charge is -2.13. The molecule has 1 atom stereocenters. The molecule has 1 unspecified atom stereocenters. The third kappa shape index (κ3) is 2.37. The number of hydrogen-bond acceptors (Lipinski definition) is 3. The number of pyridine rings is 1. The Balaban J connectivity index is 2.43. The van der Waals surface area contributed by atoms with Gasteiger partial charge < -0.3 is 5.11 Å². The van der Waals surface area contributed by atoms with Crippen LogP contribution < -0.4 is 5.56 Å². The molecule has 112 valence electrons. The van der Waals surface area contributed by atoms with Crippen molar-refractivity contribution in [1.29, 1.82) is 0 Å². The molecule has 2 heterocycles. The molecule has 0 aliphatic carbocycles. The van der Waals surface area contributed by atoms with E-state index in [1.807, 2.05) is 0 Å². The van der Waals surface area contributed by atoms with Crippen LogP contribution >= 0.6 is 0 Å². The summed E-state index contributed by atoms with van der Waals surface area (Å²) in [5.41, 5.74) is 0.111. The van der Waals surface area contributed by atoms with Crippen LogP contribution in [0.25, 0.3) is 16.8 Å². The van der Waals surface area contributed by atoms with E-state index in [2.05, 4.69) is 4.98 Å². The van der Waals surface area contributed by atoms with Gasteiger partial charge in [0, 0.05) is 6.20 Å². The number of aromatic nitrogens is 2. The van der Waals surface area contributed by atoms with E-state index >= 15 is 0 Å². The highest BCUT2D eigenvalue weighted by Gasteiger charge is 2.18. The SMILES string of the molecule is CC(O)c1nc2ccc(F)cn2c(=O)c1-c1cccc(F)c1. The van der Waals surface area contributed by atoms with Gasteiger partial charge in [-0.1, -0.05) is 12.1 Å². The van der Waals surface area contributed by atoms with E-state index in [9.17, 15) is 18.7 Å². The zero-order valence-electron chi connectivity index (χ0n) is 11.6. The standard InChI is InChI=1S/C16H12F2N2O2/c1-9(21)15-14(10-3-2-4-11(17)7-10)16(22)20-8-12(18)5-6-13(20)19-15/h2-9,21H,1H3. The van der Waals surface area contributed by atoms with Crippen LogP contribution in [0.15, 0.2) is 47.4 Å². The highest BCUT2D eigenvalue weighted by molar-refractivity contribution is 5.67. The molecule has 1 N–H and O–H groups in total. The zero-order chi connectivity index (χ0) is 15.9. The fraction of sp³-hybridized carbons (Fsp3) is 0.125. The second kappa shape index (κ2) is 5.31. The maximum atomic E-state index is 13.4. The maximum absolute atomic E-state index is 13.4. The monoisotopic (exact) mass is 302 g/mol. The lowest BCUT2D eigenvalue weighted by molar-refractivity contribution is 0.195. The van der Waals surface area contributed by atoms with Crippen LogP contribution in [0, 0.1) is 11.6 Å². The van der Waals surface area contributed by atoms with Crippen LogP contribution in [0.3, 0.4) is 0 Å². The van der Waals surface area contributed by atoms with Gasteiger partial charge in [-0.3, -0.25) is 9.20 Å².